The molecule has 86 valence electrons. The zero-order valence-electron chi connectivity index (χ0n) is 8.49. The van der Waals surface area contributed by atoms with Gasteiger partial charge in [0.1, 0.15) is 0 Å². The van der Waals surface area contributed by atoms with Gasteiger partial charge in [-0.25, -0.2) is 0 Å². The van der Waals surface area contributed by atoms with E-state index in [1.165, 1.54) is 0 Å². The topological polar surface area (TPSA) is 40.5 Å². The van der Waals surface area contributed by atoms with Gasteiger partial charge in [0.15, 0.2) is 0 Å². The molecule has 0 atom stereocenters. The first-order valence-corrected chi connectivity index (χ1v) is 5.71. The van der Waals surface area contributed by atoms with Crippen LogP contribution in [0.1, 0.15) is 5.56 Å². The first-order chi connectivity index (χ1) is 7.58. The van der Waals surface area contributed by atoms with Crippen LogP contribution in [0.25, 0.3) is 0 Å². The molecule has 0 unspecified atom stereocenters. The zero-order chi connectivity index (χ0) is 11.7. The average Bonchev–Trinajstić information content (AvgIpc) is 2.16. The summed E-state index contributed by atoms with van der Waals surface area (Å²) in [5, 5.41) is 9.84. The summed E-state index contributed by atoms with van der Waals surface area (Å²) >= 11 is 11.9. The molecule has 0 saturated carbocycles. The Kier molecular flexibility index (Phi) is 3.38. The van der Waals surface area contributed by atoms with Crippen molar-refractivity contribution in [3.8, 4) is 0 Å². The van der Waals surface area contributed by atoms with E-state index < -0.39 is 5.97 Å². The predicted molar refractivity (Wildman–Crippen MR) is 62.9 cm³/mol. The normalized spacial score (nSPS) is 17.1. The third-order valence-electron chi connectivity index (χ3n) is 2.73. The molecule has 1 fully saturated rings. The van der Waals surface area contributed by atoms with Crippen LogP contribution in [0.2, 0.25) is 10.0 Å². The van der Waals surface area contributed by atoms with Crippen molar-refractivity contribution in [3.63, 3.8) is 0 Å². The number of nitrogens with zero attached hydrogens (tertiary/aromatic N) is 1. The number of hydrogen-bond acceptors (Lipinski definition) is 2. The van der Waals surface area contributed by atoms with E-state index in [-0.39, 0.29) is 5.92 Å². The van der Waals surface area contributed by atoms with Crippen LogP contribution in [0.4, 0.5) is 0 Å². The van der Waals surface area contributed by atoms with Gasteiger partial charge < -0.3 is 5.11 Å². The Morgan fingerprint density at radius 3 is 2.75 bits per heavy atom. The zero-order valence-corrected chi connectivity index (χ0v) is 10.0. The number of carboxylic acids is 1. The van der Waals surface area contributed by atoms with Gasteiger partial charge in [-0.05, 0) is 11.6 Å². The fourth-order valence-corrected chi connectivity index (χ4v) is 2.15. The molecular formula is C11H11Cl2NO2. The van der Waals surface area contributed by atoms with Crippen molar-refractivity contribution in [3.05, 3.63) is 33.8 Å². The molecule has 0 radical (unpaired) electrons. The fourth-order valence-electron chi connectivity index (χ4n) is 1.77. The molecule has 1 heterocycles. The summed E-state index contributed by atoms with van der Waals surface area (Å²) in [5.41, 5.74) is 0.943. The van der Waals surface area contributed by atoms with E-state index in [0.717, 1.165) is 5.56 Å². The van der Waals surface area contributed by atoms with Gasteiger partial charge in [-0.3, -0.25) is 9.69 Å². The fraction of sp³-hybridized carbons (Fsp3) is 0.364. The minimum Gasteiger partial charge on any atom is -0.481 e. The predicted octanol–water partition coefficient (Wildman–Crippen LogP) is 2.51. The van der Waals surface area contributed by atoms with Crippen LogP contribution in [0.3, 0.4) is 0 Å². The first-order valence-electron chi connectivity index (χ1n) is 4.96. The summed E-state index contributed by atoms with van der Waals surface area (Å²) in [6, 6.07) is 5.49. The molecule has 0 amide bonds. The molecule has 0 aliphatic carbocycles. The van der Waals surface area contributed by atoms with Crippen LogP contribution in [-0.2, 0) is 11.3 Å². The second-order valence-corrected chi connectivity index (χ2v) is 4.73. The third kappa shape index (κ3) is 2.32. The smallest absolute Gasteiger partial charge is 0.309 e. The molecule has 1 aromatic carbocycles. The van der Waals surface area contributed by atoms with E-state index in [1.54, 1.807) is 6.07 Å². The lowest BCUT2D eigenvalue weighted by atomic mass is 10.00. The van der Waals surface area contributed by atoms with Crippen molar-refractivity contribution in [1.29, 1.82) is 0 Å². The number of aliphatic carboxylic acids is 1. The molecule has 0 aromatic heterocycles. The molecule has 2 rings (SSSR count). The number of likely N-dealkylation sites (tertiary alicyclic amines) is 1. The minimum atomic E-state index is -0.728. The molecule has 0 spiro atoms. The quantitative estimate of drug-likeness (QED) is 0.907. The molecule has 16 heavy (non-hydrogen) atoms. The lowest BCUT2D eigenvalue weighted by Gasteiger charge is -2.36. The number of carboxylic acid groups (broad SMARTS) is 1. The highest BCUT2D eigenvalue weighted by Gasteiger charge is 2.32. The van der Waals surface area contributed by atoms with Crippen LogP contribution in [0.5, 0.6) is 0 Å². The van der Waals surface area contributed by atoms with E-state index in [1.807, 2.05) is 17.0 Å². The lowest BCUT2D eigenvalue weighted by molar-refractivity contribution is -0.147. The Balaban J connectivity index is 1.97. The van der Waals surface area contributed by atoms with Gasteiger partial charge in [-0.2, -0.15) is 0 Å². The number of rotatable bonds is 3. The molecule has 3 nitrogen and oxygen atoms in total. The Labute approximate surface area is 104 Å². The van der Waals surface area contributed by atoms with E-state index in [2.05, 4.69) is 0 Å². The van der Waals surface area contributed by atoms with Crippen LogP contribution < -0.4 is 0 Å². The Hall–Kier alpha value is -0.770. The summed E-state index contributed by atoms with van der Waals surface area (Å²) in [6.07, 6.45) is 0. The van der Waals surface area contributed by atoms with Crippen molar-refractivity contribution >= 4 is 29.2 Å². The number of halogens is 2. The highest BCUT2D eigenvalue weighted by molar-refractivity contribution is 6.42. The monoisotopic (exact) mass is 259 g/mol. The standard InChI is InChI=1S/C11H11Cl2NO2/c12-9-3-1-2-7(10(9)13)4-14-5-8(6-14)11(15)16/h1-3,8H,4-6H2,(H,15,16). The third-order valence-corrected chi connectivity index (χ3v) is 3.59. The van der Waals surface area contributed by atoms with Crippen molar-refractivity contribution in [1.82, 2.24) is 4.90 Å². The van der Waals surface area contributed by atoms with Gasteiger partial charge in [0, 0.05) is 19.6 Å². The van der Waals surface area contributed by atoms with Gasteiger partial charge in [0.25, 0.3) is 0 Å². The summed E-state index contributed by atoms with van der Waals surface area (Å²) in [5.74, 6) is -0.966. The van der Waals surface area contributed by atoms with E-state index in [4.69, 9.17) is 28.3 Å². The van der Waals surface area contributed by atoms with Gasteiger partial charge in [-0.15, -0.1) is 0 Å². The van der Waals surface area contributed by atoms with Crippen LogP contribution in [0, 0.1) is 5.92 Å². The number of benzene rings is 1. The maximum atomic E-state index is 10.6. The molecule has 1 N–H and O–H groups in total. The van der Waals surface area contributed by atoms with E-state index in [9.17, 15) is 4.79 Å². The van der Waals surface area contributed by atoms with E-state index in [0.29, 0.717) is 29.7 Å². The average molecular weight is 260 g/mol. The molecule has 5 heteroatoms. The van der Waals surface area contributed by atoms with Gasteiger partial charge >= 0.3 is 5.97 Å². The van der Waals surface area contributed by atoms with Crippen molar-refractivity contribution in [2.45, 2.75) is 6.54 Å². The molecule has 1 aromatic rings. The van der Waals surface area contributed by atoms with Crippen LogP contribution in [-0.4, -0.2) is 29.1 Å². The van der Waals surface area contributed by atoms with Crippen molar-refractivity contribution in [2.24, 2.45) is 5.92 Å². The Morgan fingerprint density at radius 2 is 2.12 bits per heavy atom. The van der Waals surface area contributed by atoms with Crippen LogP contribution in [0.15, 0.2) is 18.2 Å². The Morgan fingerprint density at radius 1 is 1.44 bits per heavy atom. The highest BCUT2D eigenvalue weighted by Crippen LogP contribution is 2.28. The SMILES string of the molecule is O=C(O)C1CN(Cc2cccc(Cl)c2Cl)C1. The number of carbonyl (C=O) groups is 1. The van der Waals surface area contributed by atoms with E-state index >= 15 is 0 Å². The molecular weight excluding hydrogens is 249 g/mol. The summed E-state index contributed by atoms with van der Waals surface area (Å²) in [6.45, 7) is 1.82. The van der Waals surface area contributed by atoms with Crippen LogP contribution >= 0.6 is 23.2 Å². The highest BCUT2D eigenvalue weighted by atomic mass is 35.5. The molecule has 1 saturated heterocycles. The lowest BCUT2D eigenvalue weighted by Crippen LogP contribution is -2.49. The van der Waals surface area contributed by atoms with Gasteiger partial charge in [0.05, 0.1) is 16.0 Å². The summed E-state index contributed by atoms with van der Waals surface area (Å²) < 4.78 is 0. The molecule has 1 aliphatic rings. The summed E-state index contributed by atoms with van der Waals surface area (Å²) in [7, 11) is 0. The Bertz CT molecular complexity index is 416. The molecule has 0 bridgehead atoms. The second-order valence-electron chi connectivity index (χ2n) is 3.94. The van der Waals surface area contributed by atoms with Crippen molar-refractivity contribution < 1.29 is 9.90 Å². The van der Waals surface area contributed by atoms with Gasteiger partial charge in [-0.1, -0.05) is 35.3 Å². The maximum Gasteiger partial charge on any atom is 0.309 e. The molecule has 1 aliphatic heterocycles. The minimum absolute atomic E-state index is 0.238. The van der Waals surface area contributed by atoms with Gasteiger partial charge in [0.2, 0.25) is 0 Å². The summed E-state index contributed by atoms with van der Waals surface area (Å²) in [4.78, 5) is 12.7. The maximum absolute atomic E-state index is 10.6. The van der Waals surface area contributed by atoms with Crippen molar-refractivity contribution in [2.75, 3.05) is 13.1 Å². The first kappa shape index (κ1) is 11.7. The largest absolute Gasteiger partial charge is 0.481 e. The number of hydrogen-bond donors (Lipinski definition) is 1. The second kappa shape index (κ2) is 4.62.